The summed E-state index contributed by atoms with van der Waals surface area (Å²) in [5.74, 6) is -1.67. The van der Waals surface area contributed by atoms with Crippen molar-refractivity contribution in [3.63, 3.8) is 0 Å². The van der Waals surface area contributed by atoms with Crippen molar-refractivity contribution in [1.29, 1.82) is 0 Å². The monoisotopic (exact) mass is 747 g/mol. The molecule has 51 heavy (non-hydrogen) atoms. The van der Waals surface area contributed by atoms with Gasteiger partial charge in [-0.3, -0.25) is 24.0 Å². The quantitative estimate of drug-likeness (QED) is 0.188. The molecule has 2 aromatic carbocycles. The number of ether oxygens (including phenoxy) is 2. The summed E-state index contributed by atoms with van der Waals surface area (Å²) in [5.41, 5.74) is 7.42. The van der Waals surface area contributed by atoms with Crippen molar-refractivity contribution >= 4 is 53.8 Å². The van der Waals surface area contributed by atoms with Gasteiger partial charge in [0.05, 0.1) is 11.9 Å². The molecule has 1 aliphatic heterocycles. The zero-order valence-corrected chi connectivity index (χ0v) is 32.3. The van der Waals surface area contributed by atoms with E-state index in [1.54, 1.807) is 0 Å². The van der Waals surface area contributed by atoms with E-state index in [1.165, 1.54) is 16.7 Å². The predicted octanol–water partition coefficient (Wildman–Crippen LogP) is 3.58. The maximum Gasteiger partial charge on any atom is 0.306 e. The number of aryl methyl sites for hydroxylation is 2. The van der Waals surface area contributed by atoms with Gasteiger partial charge < -0.3 is 36.1 Å². The normalized spacial score (nSPS) is 16.2. The van der Waals surface area contributed by atoms with E-state index in [0.29, 0.717) is 18.8 Å². The number of amides is 4. The molecule has 1 fully saturated rings. The van der Waals surface area contributed by atoms with Crippen LogP contribution in [-0.2, 0) is 35.1 Å². The number of benzene rings is 2. The van der Waals surface area contributed by atoms with Crippen LogP contribution in [0.25, 0.3) is 0 Å². The van der Waals surface area contributed by atoms with Crippen molar-refractivity contribution in [3.8, 4) is 5.75 Å². The molecule has 0 bridgehead atoms. The van der Waals surface area contributed by atoms with Crippen molar-refractivity contribution in [3.05, 3.63) is 65.2 Å². The molecule has 2 aromatic rings. The van der Waals surface area contributed by atoms with E-state index in [2.05, 4.69) is 16.0 Å². The van der Waals surface area contributed by atoms with Crippen molar-refractivity contribution < 1.29 is 33.4 Å². The Labute approximate surface area is 312 Å². The number of thioether (sulfide) groups is 1. The number of halogens is 1. The number of nitrogens with zero attached hydrogens (tertiary/aromatic N) is 1. The summed E-state index contributed by atoms with van der Waals surface area (Å²) in [7, 11) is 0. The number of hydrogen-bond donors (Lipinski definition) is 4. The number of carbonyl (C=O) groups is 5. The molecule has 14 heteroatoms. The van der Waals surface area contributed by atoms with Gasteiger partial charge in [-0.25, -0.2) is 0 Å². The minimum atomic E-state index is -1.49. The van der Waals surface area contributed by atoms with Crippen LogP contribution >= 0.6 is 24.2 Å². The lowest BCUT2D eigenvalue weighted by atomic mass is 9.96. The SMILES string of the molecule is Cc1cccc(C)c1OCC(=O)N[C@@H](Cc1ccccc1)[C@H](OC(=O)CCCC(=O)NCCN)C(=O)N1CSC(C)(C)[C@H]1C(=O)NC(C)(C)C.Cl. The van der Waals surface area contributed by atoms with Gasteiger partial charge in [-0.1, -0.05) is 48.5 Å². The smallest absolute Gasteiger partial charge is 0.306 e. The molecule has 0 spiro atoms. The van der Waals surface area contributed by atoms with Crippen LogP contribution in [-0.4, -0.2) is 88.5 Å². The molecule has 1 aliphatic rings. The largest absolute Gasteiger partial charge is 0.483 e. The molecule has 1 saturated heterocycles. The Kier molecular flexibility index (Phi) is 16.7. The van der Waals surface area contributed by atoms with Crippen molar-refractivity contribution in [1.82, 2.24) is 20.9 Å². The maximum absolute atomic E-state index is 14.6. The van der Waals surface area contributed by atoms with Crippen LogP contribution < -0.4 is 26.4 Å². The van der Waals surface area contributed by atoms with E-state index in [4.69, 9.17) is 15.2 Å². The Balaban J connectivity index is 0.00000901. The van der Waals surface area contributed by atoms with Crippen LogP contribution in [0.2, 0.25) is 0 Å². The highest BCUT2D eigenvalue weighted by Gasteiger charge is 2.51. The first-order valence-electron chi connectivity index (χ1n) is 17.0. The Morgan fingerprint density at radius 3 is 2.24 bits per heavy atom. The van der Waals surface area contributed by atoms with Gasteiger partial charge in [-0.2, -0.15) is 0 Å². The lowest BCUT2D eigenvalue weighted by Gasteiger charge is -2.36. The maximum atomic E-state index is 14.6. The fourth-order valence-electron chi connectivity index (χ4n) is 5.73. The first-order chi connectivity index (χ1) is 23.5. The zero-order chi connectivity index (χ0) is 37.1. The third-order valence-corrected chi connectivity index (χ3v) is 9.47. The van der Waals surface area contributed by atoms with Gasteiger partial charge in [0, 0.05) is 36.2 Å². The molecule has 12 nitrogen and oxygen atoms in total. The average molecular weight is 748 g/mol. The molecule has 0 aromatic heterocycles. The second-order valence-electron chi connectivity index (χ2n) is 14.1. The van der Waals surface area contributed by atoms with E-state index < -0.39 is 46.3 Å². The molecule has 4 amide bonds. The van der Waals surface area contributed by atoms with E-state index in [1.807, 2.05) is 97.0 Å². The number of carbonyl (C=O) groups excluding carboxylic acids is 5. The second kappa shape index (κ2) is 19.7. The number of esters is 1. The number of rotatable bonds is 16. The Bertz CT molecular complexity index is 1480. The molecule has 1 heterocycles. The third kappa shape index (κ3) is 13.4. The second-order valence-corrected chi connectivity index (χ2v) is 15.7. The number of nitrogens with one attached hydrogen (secondary N) is 3. The summed E-state index contributed by atoms with van der Waals surface area (Å²) in [6, 6.07) is 13.0. The predicted molar refractivity (Wildman–Crippen MR) is 202 cm³/mol. The fraction of sp³-hybridized carbons (Fsp3) is 0.541. The lowest BCUT2D eigenvalue weighted by Crippen LogP contribution is -2.61. The first kappa shape index (κ1) is 43.4. The van der Waals surface area contributed by atoms with Crippen LogP contribution in [0, 0.1) is 13.8 Å². The molecule has 3 atom stereocenters. The highest BCUT2D eigenvalue weighted by atomic mass is 35.5. The molecule has 0 unspecified atom stereocenters. The van der Waals surface area contributed by atoms with E-state index in [9.17, 15) is 24.0 Å². The van der Waals surface area contributed by atoms with E-state index in [-0.39, 0.29) is 62.4 Å². The molecular formula is C37H54ClN5O7S. The average Bonchev–Trinajstić information content (AvgIpc) is 3.36. The van der Waals surface area contributed by atoms with Gasteiger partial charge >= 0.3 is 5.97 Å². The van der Waals surface area contributed by atoms with Crippen molar-refractivity contribution in [2.75, 3.05) is 25.6 Å². The van der Waals surface area contributed by atoms with Crippen LogP contribution in [0.5, 0.6) is 5.75 Å². The highest BCUT2D eigenvalue weighted by molar-refractivity contribution is 8.00. The Morgan fingerprint density at radius 1 is 0.980 bits per heavy atom. The summed E-state index contributed by atoms with van der Waals surface area (Å²) in [6.45, 7) is 13.4. The topological polar surface area (TPSA) is 169 Å². The molecule has 0 saturated carbocycles. The molecule has 3 rings (SSSR count). The van der Waals surface area contributed by atoms with Gasteiger partial charge in [-0.15, -0.1) is 24.2 Å². The molecular weight excluding hydrogens is 694 g/mol. The third-order valence-electron chi connectivity index (χ3n) is 8.10. The van der Waals surface area contributed by atoms with Crippen LogP contribution in [0.3, 0.4) is 0 Å². The van der Waals surface area contributed by atoms with Gasteiger partial charge in [0.2, 0.25) is 17.9 Å². The zero-order valence-electron chi connectivity index (χ0n) is 30.7. The fourth-order valence-corrected chi connectivity index (χ4v) is 6.87. The van der Waals surface area contributed by atoms with Gasteiger partial charge in [0.1, 0.15) is 11.8 Å². The minimum Gasteiger partial charge on any atom is -0.483 e. The van der Waals surface area contributed by atoms with Crippen LogP contribution in [0.15, 0.2) is 48.5 Å². The van der Waals surface area contributed by atoms with Gasteiger partial charge in [-0.05, 0) is 78.0 Å². The van der Waals surface area contributed by atoms with Crippen molar-refractivity contribution in [2.24, 2.45) is 5.73 Å². The summed E-state index contributed by atoms with van der Waals surface area (Å²) in [6.07, 6.45) is -1.24. The molecule has 5 N–H and O–H groups in total. The number of hydrogen-bond acceptors (Lipinski definition) is 9. The van der Waals surface area contributed by atoms with Crippen LogP contribution in [0.1, 0.15) is 70.6 Å². The van der Waals surface area contributed by atoms with Crippen molar-refractivity contribution in [2.45, 2.75) is 103 Å². The molecule has 0 aliphatic carbocycles. The number of para-hydroxylation sites is 1. The minimum absolute atomic E-state index is 0. The summed E-state index contributed by atoms with van der Waals surface area (Å²) in [4.78, 5) is 68.7. The van der Waals surface area contributed by atoms with Gasteiger partial charge in [0.15, 0.2) is 6.61 Å². The lowest BCUT2D eigenvalue weighted by molar-refractivity contribution is -0.164. The Hall–Kier alpha value is -3.81. The number of nitrogens with two attached hydrogens (primary N) is 1. The van der Waals surface area contributed by atoms with E-state index in [0.717, 1.165) is 16.7 Å². The summed E-state index contributed by atoms with van der Waals surface area (Å²) >= 11 is 1.44. The molecule has 282 valence electrons. The highest BCUT2D eigenvalue weighted by Crippen LogP contribution is 2.40. The van der Waals surface area contributed by atoms with Gasteiger partial charge in [0.25, 0.3) is 11.8 Å². The van der Waals surface area contributed by atoms with E-state index >= 15 is 0 Å². The Morgan fingerprint density at radius 2 is 1.63 bits per heavy atom. The standard InChI is InChI=1S/C37H53N5O7S.ClH/c1-24-13-11-14-25(2)31(24)48-22-29(44)40-27(21-26-15-9-8-10-16-26)32(49-30(45)18-12-17-28(43)39-20-19-38)35(47)42-23-50-37(6,7)33(42)34(46)41-36(3,4)5;/h8-11,13-16,27,32-33H,12,17-23,38H2,1-7H3,(H,39,43)(H,40,44)(H,41,46);1H/t27-,32-,33+;/m0./s1. The first-order valence-corrected chi connectivity index (χ1v) is 18.0. The molecule has 0 radical (unpaired) electrons. The van der Waals surface area contributed by atoms with Crippen LogP contribution in [0.4, 0.5) is 0 Å². The summed E-state index contributed by atoms with van der Waals surface area (Å²) in [5, 5.41) is 8.57. The summed E-state index contributed by atoms with van der Waals surface area (Å²) < 4.78 is 11.2.